The number of aryl methyl sites for hydroxylation is 1. The highest BCUT2D eigenvalue weighted by Gasteiger charge is 2.01. The molecule has 0 saturated carbocycles. The third kappa shape index (κ3) is 2.92. The van der Waals surface area contributed by atoms with Crippen LogP contribution in [-0.2, 0) is 17.9 Å². The first-order valence-electron chi connectivity index (χ1n) is 4.70. The highest BCUT2D eigenvalue weighted by molar-refractivity contribution is 5.03. The van der Waals surface area contributed by atoms with E-state index in [0.717, 1.165) is 0 Å². The van der Waals surface area contributed by atoms with Crippen molar-refractivity contribution in [3.63, 3.8) is 0 Å². The lowest BCUT2D eigenvalue weighted by atomic mass is 10.3. The normalized spacial score (nSPS) is 10.2. The predicted molar refractivity (Wildman–Crippen MR) is 56.8 cm³/mol. The van der Waals surface area contributed by atoms with Gasteiger partial charge in [0.1, 0.15) is 6.73 Å². The van der Waals surface area contributed by atoms with Crippen LogP contribution < -0.4 is 11.2 Å². The third-order valence-electron chi connectivity index (χ3n) is 1.93. The van der Waals surface area contributed by atoms with Crippen LogP contribution in [0.5, 0.6) is 0 Å². The second-order valence-electron chi connectivity index (χ2n) is 3.03. The Hall–Kier alpha value is -1.62. The van der Waals surface area contributed by atoms with Crippen molar-refractivity contribution >= 4 is 0 Å². The van der Waals surface area contributed by atoms with Gasteiger partial charge in [0.15, 0.2) is 0 Å². The molecule has 0 saturated heterocycles. The van der Waals surface area contributed by atoms with Crippen molar-refractivity contribution < 1.29 is 4.74 Å². The molecule has 15 heavy (non-hydrogen) atoms. The molecule has 0 unspecified atom stereocenters. The molecule has 1 rings (SSSR count). The van der Waals surface area contributed by atoms with Crippen LogP contribution in [-0.4, -0.2) is 16.2 Å². The maximum absolute atomic E-state index is 11.3. The molecule has 0 spiro atoms. The Balaban J connectivity index is 2.92. The van der Waals surface area contributed by atoms with E-state index in [9.17, 15) is 9.59 Å². The standard InChI is InChI=1S/C10H14N2O3/c1-3-5-15-7-12-6-8(4-2)9(13)11-10(12)14/h3,6H,1,4-5,7H2,2H3,(H,11,13,14). The number of aromatic amines is 1. The Kier molecular flexibility index (Phi) is 4.05. The van der Waals surface area contributed by atoms with Gasteiger partial charge in [-0.05, 0) is 6.42 Å². The van der Waals surface area contributed by atoms with Crippen molar-refractivity contribution in [1.29, 1.82) is 0 Å². The fourth-order valence-electron chi connectivity index (χ4n) is 1.14. The van der Waals surface area contributed by atoms with Crippen LogP contribution in [0.3, 0.4) is 0 Å². The van der Waals surface area contributed by atoms with Gasteiger partial charge < -0.3 is 4.74 Å². The fraction of sp³-hybridized carbons (Fsp3) is 0.400. The van der Waals surface area contributed by atoms with Crippen molar-refractivity contribution in [3.05, 3.63) is 45.3 Å². The molecule has 5 heteroatoms. The van der Waals surface area contributed by atoms with E-state index < -0.39 is 5.69 Å². The largest absolute Gasteiger partial charge is 0.357 e. The summed E-state index contributed by atoms with van der Waals surface area (Å²) in [6, 6.07) is 0. The van der Waals surface area contributed by atoms with Gasteiger partial charge >= 0.3 is 5.69 Å². The Morgan fingerprint density at radius 1 is 1.60 bits per heavy atom. The minimum Gasteiger partial charge on any atom is -0.357 e. The highest BCUT2D eigenvalue weighted by atomic mass is 16.5. The summed E-state index contributed by atoms with van der Waals surface area (Å²) in [4.78, 5) is 24.8. The number of hydrogen-bond acceptors (Lipinski definition) is 3. The molecule has 0 aliphatic carbocycles. The van der Waals surface area contributed by atoms with Crippen LogP contribution in [0.4, 0.5) is 0 Å². The van der Waals surface area contributed by atoms with Gasteiger partial charge in [-0.2, -0.15) is 0 Å². The van der Waals surface area contributed by atoms with E-state index in [0.29, 0.717) is 18.6 Å². The lowest BCUT2D eigenvalue weighted by Crippen LogP contribution is -2.32. The monoisotopic (exact) mass is 210 g/mol. The smallest absolute Gasteiger partial charge is 0.330 e. The summed E-state index contributed by atoms with van der Waals surface area (Å²) in [7, 11) is 0. The van der Waals surface area contributed by atoms with E-state index in [2.05, 4.69) is 11.6 Å². The number of ether oxygens (including phenoxy) is 1. The zero-order chi connectivity index (χ0) is 11.3. The van der Waals surface area contributed by atoms with Crippen molar-refractivity contribution in [2.45, 2.75) is 20.1 Å². The molecule has 0 aliphatic rings. The first-order valence-corrected chi connectivity index (χ1v) is 4.70. The van der Waals surface area contributed by atoms with Crippen LogP contribution in [0.1, 0.15) is 12.5 Å². The fourth-order valence-corrected chi connectivity index (χ4v) is 1.14. The van der Waals surface area contributed by atoms with Gasteiger partial charge in [-0.3, -0.25) is 14.3 Å². The number of hydrogen-bond donors (Lipinski definition) is 1. The van der Waals surface area contributed by atoms with E-state index in [-0.39, 0.29) is 12.3 Å². The molecule has 0 aromatic carbocycles. The predicted octanol–water partition coefficient (Wildman–Crippen LogP) is 0.259. The molecule has 0 fully saturated rings. The SMILES string of the molecule is C=CCOCn1cc(CC)c(=O)[nH]c1=O. The van der Waals surface area contributed by atoms with E-state index >= 15 is 0 Å². The third-order valence-corrected chi connectivity index (χ3v) is 1.93. The zero-order valence-electron chi connectivity index (χ0n) is 8.66. The summed E-state index contributed by atoms with van der Waals surface area (Å²) < 4.78 is 6.44. The number of aromatic nitrogens is 2. The van der Waals surface area contributed by atoms with Gasteiger partial charge in [0, 0.05) is 11.8 Å². The quantitative estimate of drug-likeness (QED) is 0.560. The Labute approximate surface area is 87.0 Å². The average molecular weight is 210 g/mol. The molecule has 5 nitrogen and oxygen atoms in total. The second-order valence-corrected chi connectivity index (χ2v) is 3.03. The first kappa shape index (κ1) is 11.5. The van der Waals surface area contributed by atoms with Crippen LogP contribution in [0.2, 0.25) is 0 Å². The van der Waals surface area contributed by atoms with Gasteiger partial charge in [-0.15, -0.1) is 6.58 Å². The van der Waals surface area contributed by atoms with Crippen molar-refractivity contribution in [2.75, 3.05) is 6.61 Å². The molecule has 1 aromatic heterocycles. The average Bonchev–Trinajstić information content (AvgIpc) is 2.21. The highest BCUT2D eigenvalue weighted by Crippen LogP contribution is 1.89. The lowest BCUT2D eigenvalue weighted by molar-refractivity contribution is 0.0963. The molecule has 0 amide bonds. The summed E-state index contributed by atoms with van der Waals surface area (Å²) in [6.07, 6.45) is 3.69. The summed E-state index contributed by atoms with van der Waals surface area (Å²) in [5.41, 5.74) is -0.222. The summed E-state index contributed by atoms with van der Waals surface area (Å²) in [5.74, 6) is 0. The van der Waals surface area contributed by atoms with Gasteiger partial charge in [-0.25, -0.2) is 4.79 Å². The molecular weight excluding hydrogens is 196 g/mol. The number of H-pyrrole nitrogens is 1. The van der Waals surface area contributed by atoms with Gasteiger partial charge in [0.25, 0.3) is 5.56 Å². The maximum Gasteiger partial charge on any atom is 0.330 e. The molecule has 1 N–H and O–H groups in total. The van der Waals surface area contributed by atoms with Crippen LogP contribution in [0, 0.1) is 0 Å². The maximum atomic E-state index is 11.3. The summed E-state index contributed by atoms with van der Waals surface area (Å²) >= 11 is 0. The van der Waals surface area contributed by atoms with E-state index in [1.54, 1.807) is 6.08 Å². The molecular formula is C10H14N2O3. The van der Waals surface area contributed by atoms with E-state index in [4.69, 9.17) is 4.74 Å². The minimum absolute atomic E-state index is 0.120. The minimum atomic E-state index is -0.457. The zero-order valence-corrected chi connectivity index (χ0v) is 8.66. The molecule has 1 heterocycles. The number of nitrogens with zero attached hydrogens (tertiary/aromatic N) is 1. The molecule has 0 radical (unpaired) electrons. The van der Waals surface area contributed by atoms with Gasteiger partial charge in [0.2, 0.25) is 0 Å². The van der Waals surface area contributed by atoms with Crippen molar-refractivity contribution in [3.8, 4) is 0 Å². The van der Waals surface area contributed by atoms with E-state index in [1.807, 2.05) is 6.92 Å². The van der Waals surface area contributed by atoms with Crippen LogP contribution in [0.15, 0.2) is 28.4 Å². The van der Waals surface area contributed by atoms with E-state index in [1.165, 1.54) is 10.8 Å². The lowest BCUT2D eigenvalue weighted by Gasteiger charge is -2.06. The summed E-state index contributed by atoms with van der Waals surface area (Å²) in [6.45, 7) is 5.83. The Morgan fingerprint density at radius 3 is 2.93 bits per heavy atom. The second kappa shape index (κ2) is 5.31. The van der Waals surface area contributed by atoms with Crippen molar-refractivity contribution in [1.82, 2.24) is 9.55 Å². The first-order chi connectivity index (χ1) is 7.19. The summed E-state index contributed by atoms with van der Waals surface area (Å²) in [5, 5.41) is 0. The Morgan fingerprint density at radius 2 is 2.33 bits per heavy atom. The topological polar surface area (TPSA) is 64.1 Å². The molecule has 0 aliphatic heterocycles. The molecule has 0 bridgehead atoms. The van der Waals surface area contributed by atoms with Crippen LogP contribution >= 0.6 is 0 Å². The Bertz CT molecular complexity index is 445. The molecule has 1 aromatic rings. The van der Waals surface area contributed by atoms with Crippen LogP contribution in [0.25, 0.3) is 0 Å². The van der Waals surface area contributed by atoms with Gasteiger partial charge in [0.05, 0.1) is 6.61 Å². The molecule has 0 atom stereocenters. The number of nitrogens with one attached hydrogen (secondary N) is 1. The van der Waals surface area contributed by atoms with Gasteiger partial charge in [-0.1, -0.05) is 13.0 Å². The number of rotatable bonds is 5. The van der Waals surface area contributed by atoms with Crippen molar-refractivity contribution in [2.24, 2.45) is 0 Å². The molecule has 82 valence electrons.